The summed E-state index contributed by atoms with van der Waals surface area (Å²) >= 11 is 1.48. The van der Waals surface area contributed by atoms with Crippen molar-refractivity contribution >= 4 is 42.8 Å². The maximum Gasteiger partial charge on any atom is 0.407 e. The summed E-state index contributed by atoms with van der Waals surface area (Å²) in [6.07, 6.45) is 2.05. The predicted octanol–water partition coefficient (Wildman–Crippen LogP) is 5.36. The number of anilines is 1. The van der Waals surface area contributed by atoms with Crippen LogP contribution in [0.1, 0.15) is 59.4 Å². The van der Waals surface area contributed by atoms with Crippen LogP contribution in [0.5, 0.6) is 0 Å². The largest absolute Gasteiger partial charge is 0.444 e. The van der Waals surface area contributed by atoms with Gasteiger partial charge in [-0.3, -0.25) is 0 Å². The Morgan fingerprint density at radius 3 is 2.46 bits per heavy atom. The summed E-state index contributed by atoms with van der Waals surface area (Å²) in [5, 5.41) is 15.1. The van der Waals surface area contributed by atoms with Crippen molar-refractivity contribution < 1.29 is 23.1 Å². The van der Waals surface area contributed by atoms with E-state index in [1.54, 1.807) is 39.0 Å². The molecule has 254 valence electrons. The summed E-state index contributed by atoms with van der Waals surface area (Å²) < 4.78 is 35.8. The van der Waals surface area contributed by atoms with Gasteiger partial charge in [0, 0.05) is 26.7 Å². The minimum Gasteiger partial charge on any atom is -0.444 e. The maximum atomic E-state index is 14.1. The SMILES string of the molecule is CC(C)CN(C[C@@H](O)[C@H](Cc1ccccc1)NC(=O)OC(C)(C)C)S(=O)(=O)c1ccc2nc(N(C)CCCN3CCCC3)sc2c1. The van der Waals surface area contributed by atoms with E-state index in [4.69, 9.17) is 9.72 Å². The van der Waals surface area contributed by atoms with Crippen molar-refractivity contribution in [3.05, 3.63) is 54.1 Å². The number of rotatable bonds is 15. The molecule has 1 aliphatic rings. The molecule has 0 aliphatic carbocycles. The summed E-state index contributed by atoms with van der Waals surface area (Å²) in [6.45, 7) is 13.5. The number of ether oxygens (including phenoxy) is 1. The summed E-state index contributed by atoms with van der Waals surface area (Å²) in [5.74, 6) is 0.00121. The molecule has 1 aromatic heterocycles. The highest BCUT2D eigenvalue weighted by atomic mass is 32.2. The Labute approximate surface area is 278 Å². The minimum absolute atomic E-state index is 0.00121. The van der Waals surface area contributed by atoms with E-state index in [1.807, 2.05) is 51.2 Å². The zero-order chi connectivity index (χ0) is 33.5. The van der Waals surface area contributed by atoms with Crippen LogP contribution in [0.4, 0.5) is 9.93 Å². The van der Waals surface area contributed by atoms with Gasteiger partial charge in [-0.25, -0.2) is 18.2 Å². The number of aromatic nitrogens is 1. The molecule has 12 heteroatoms. The molecule has 1 amide bonds. The van der Waals surface area contributed by atoms with E-state index >= 15 is 0 Å². The summed E-state index contributed by atoms with van der Waals surface area (Å²) in [4.78, 5) is 22.3. The van der Waals surface area contributed by atoms with Crippen molar-refractivity contribution in [3.8, 4) is 0 Å². The number of aliphatic hydroxyl groups is 1. The highest BCUT2D eigenvalue weighted by molar-refractivity contribution is 7.89. The molecule has 0 unspecified atom stereocenters. The number of benzene rings is 2. The van der Waals surface area contributed by atoms with Gasteiger partial charge in [0.1, 0.15) is 5.60 Å². The molecular weight excluding hydrogens is 623 g/mol. The minimum atomic E-state index is -3.99. The zero-order valence-electron chi connectivity index (χ0n) is 28.1. The smallest absolute Gasteiger partial charge is 0.407 e. The molecule has 0 spiro atoms. The molecule has 2 N–H and O–H groups in total. The number of carbonyl (C=O) groups is 1. The van der Waals surface area contributed by atoms with Crippen LogP contribution in [0, 0.1) is 5.92 Å². The van der Waals surface area contributed by atoms with Crippen LogP contribution in [0.3, 0.4) is 0 Å². The number of hydrogen-bond donors (Lipinski definition) is 2. The van der Waals surface area contributed by atoms with Crippen LogP contribution >= 0.6 is 11.3 Å². The fraction of sp³-hybridized carbons (Fsp3) is 0.588. The number of nitrogens with one attached hydrogen (secondary N) is 1. The van der Waals surface area contributed by atoms with E-state index in [-0.39, 0.29) is 23.9 Å². The van der Waals surface area contributed by atoms with E-state index in [0.717, 1.165) is 40.4 Å². The second kappa shape index (κ2) is 15.9. The van der Waals surface area contributed by atoms with Gasteiger partial charge in [0.15, 0.2) is 5.13 Å². The lowest BCUT2D eigenvalue weighted by molar-refractivity contribution is 0.0400. The lowest BCUT2D eigenvalue weighted by atomic mass is 10.0. The first-order valence-electron chi connectivity index (χ1n) is 16.3. The molecule has 46 heavy (non-hydrogen) atoms. The van der Waals surface area contributed by atoms with E-state index in [0.29, 0.717) is 6.42 Å². The summed E-state index contributed by atoms with van der Waals surface area (Å²) in [7, 11) is -1.96. The second-order valence-corrected chi connectivity index (χ2v) is 16.6. The number of thiazole rings is 1. The first-order chi connectivity index (χ1) is 21.7. The Morgan fingerprint density at radius 2 is 1.80 bits per heavy atom. The third kappa shape index (κ3) is 10.4. The van der Waals surface area contributed by atoms with Crippen molar-refractivity contribution in [2.75, 3.05) is 51.2 Å². The second-order valence-electron chi connectivity index (χ2n) is 13.7. The number of sulfonamides is 1. The number of amides is 1. The van der Waals surface area contributed by atoms with Crippen LogP contribution in [-0.4, -0.2) is 97.9 Å². The normalized spacial score (nSPS) is 15.8. The van der Waals surface area contributed by atoms with Crippen LogP contribution in [-0.2, 0) is 21.2 Å². The van der Waals surface area contributed by atoms with Crippen LogP contribution in [0.15, 0.2) is 53.4 Å². The number of hydrogen-bond acceptors (Lipinski definition) is 9. The summed E-state index contributed by atoms with van der Waals surface area (Å²) in [6, 6.07) is 13.7. The average molecular weight is 674 g/mol. The molecule has 0 bridgehead atoms. The first kappa shape index (κ1) is 36.1. The Balaban J connectivity index is 1.52. The van der Waals surface area contributed by atoms with Crippen molar-refractivity contribution in [1.82, 2.24) is 19.5 Å². The lowest BCUT2D eigenvalue weighted by Gasteiger charge is -2.31. The Hall–Kier alpha value is -2.77. The fourth-order valence-electron chi connectivity index (χ4n) is 5.62. The van der Waals surface area contributed by atoms with Gasteiger partial charge in [0.05, 0.1) is 27.3 Å². The molecule has 2 aromatic carbocycles. The molecule has 0 saturated carbocycles. The lowest BCUT2D eigenvalue weighted by Crippen LogP contribution is -2.51. The third-order valence-corrected chi connectivity index (χ3v) is 10.9. The van der Waals surface area contributed by atoms with Crippen molar-refractivity contribution in [2.24, 2.45) is 5.92 Å². The van der Waals surface area contributed by atoms with Gasteiger partial charge in [0.2, 0.25) is 10.0 Å². The van der Waals surface area contributed by atoms with Crippen molar-refractivity contribution in [1.29, 1.82) is 0 Å². The monoisotopic (exact) mass is 673 g/mol. The first-order valence-corrected chi connectivity index (χ1v) is 18.5. The van der Waals surface area contributed by atoms with Crippen molar-refractivity contribution in [2.45, 2.75) is 82.9 Å². The quantitative estimate of drug-likeness (QED) is 0.222. The Kier molecular flexibility index (Phi) is 12.5. The molecule has 1 fully saturated rings. The third-order valence-electron chi connectivity index (χ3n) is 7.90. The van der Waals surface area contributed by atoms with E-state index in [1.165, 1.54) is 41.6 Å². The van der Waals surface area contributed by atoms with Crippen LogP contribution < -0.4 is 10.2 Å². The standard InChI is InChI=1S/C34H51N5O5S2/c1-25(2)23-39(24-30(40)29(21-26-13-8-7-9-14-26)36-33(41)44-34(3,4)5)46(42,43)27-15-16-28-31(22-27)45-32(35-28)37(6)17-12-20-38-18-10-11-19-38/h7-9,13-16,22,25,29-30,40H,10-12,17-21,23-24H2,1-6H3,(H,36,41)/t29-,30+/m0/s1. The predicted molar refractivity (Wildman–Crippen MR) is 186 cm³/mol. The van der Waals surface area contributed by atoms with E-state index in [2.05, 4.69) is 15.1 Å². The zero-order valence-corrected chi connectivity index (χ0v) is 29.7. The molecule has 1 aliphatic heterocycles. The highest BCUT2D eigenvalue weighted by Gasteiger charge is 2.32. The highest BCUT2D eigenvalue weighted by Crippen LogP contribution is 2.31. The number of aliphatic hydroxyl groups excluding tert-OH is 1. The van der Waals surface area contributed by atoms with E-state index in [9.17, 15) is 18.3 Å². The van der Waals surface area contributed by atoms with Gasteiger partial charge in [-0.1, -0.05) is 55.5 Å². The van der Waals surface area contributed by atoms with E-state index < -0.39 is 33.9 Å². The molecule has 0 radical (unpaired) electrons. The number of alkyl carbamates (subject to hydrolysis) is 1. The van der Waals surface area contributed by atoms with Crippen molar-refractivity contribution in [3.63, 3.8) is 0 Å². The molecular formula is C34H51N5O5S2. The Morgan fingerprint density at radius 1 is 1.11 bits per heavy atom. The molecule has 4 rings (SSSR count). The van der Waals surface area contributed by atoms with Gasteiger partial charge in [-0.05, 0) is 95.8 Å². The number of carbonyl (C=O) groups excluding carboxylic acids is 1. The van der Waals surface area contributed by atoms with Crippen LogP contribution in [0.2, 0.25) is 0 Å². The van der Waals surface area contributed by atoms with Gasteiger partial charge in [-0.15, -0.1) is 0 Å². The molecule has 2 heterocycles. The summed E-state index contributed by atoms with van der Waals surface area (Å²) in [5.41, 5.74) is 0.926. The number of likely N-dealkylation sites (tertiary alicyclic amines) is 1. The van der Waals surface area contributed by atoms with Gasteiger partial charge in [0.25, 0.3) is 0 Å². The number of nitrogens with zero attached hydrogens (tertiary/aromatic N) is 4. The topological polar surface area (TPSA) is 115 Å². The average Bonchev–Trinajstić information content (AvgIpc) is 3.65. The van der Waals surface area contributed by atoms with Gasteiger partial charge in [-0.2, -0.15) is 4.31 Å². The van der Waals surface area contributed by atoms with Gasteiger partial charge >= 0.3 is 6.09 Å². The molecule has 10 nitrogen and oxygen atoms in total. The van der Waals surface area contributed by atoms with Crippen LogP contribution in [0.25, 0.3) is 10.2 Å². The molecule has 1 saturated heterocycles. The fourth-order valence-corrected chi connectivity index (χ4v) is 8.34. The van der Waals surface area contributed by atoms with Gasteiger partial charge < -0.3 is 25.0 Å². The number of fused-ring (bicyclic) bond motifs is 1. The Bertz CT molecular complexity index is 1520. The maximum absolute atomic E-state index is 14.1. The molecule has 2 atom stereocenters. The molecule has 3 aromatic rings.